The van der Waals surface area contributed by atoms with Crippen molar-refractivity contribution in [3.8, 4) is 0 Å². The number of benzene rings is 1. The van der Waals surface area contributed by atoms with Crippen LogP contribution in [-0.2, 0) is 9.84 Å². The molecule has 0 saturated heterocycles. The number of hydrogen-bond acceptors (Lipinski definition) is 3. The maximum Gasteiger partial charge on any atom is 0.178 e. The first-order chi connectivity index (χ1) is 9.56. The van der Waals surface area contributed by atoms with E-state index in [1.165, 1.54) is 25.7 Å². The molecule has 2 aliphatic rings. The third kappa shape index (κ3) is 2.77. The molecule has 1 N–H and O–H groups in total. The molecule has 3 atom stereocenters. The lowest BCUT2D eigenvalue weighted by Crippen LogP contribution is -2.39. The van der Waals surface area contributed by atoms with Gasteiger partial charge in [-0.25, -0.2) is 8.42 Å². The van der Waals surface area contributed by atoms with Crippen LogP contribution in [0.25, 0.3) is 0 Å². The highest BCUT2D eigenvalue weighted by Gasteiger charge is 2.31. The van der Waals surface area contributed by atoms with E-state index < -0.39 is 9.84 Å². The van der Waals surface area contributed by atoms with Crippen molar-refractivity contribution in [2.45, 2.75) is 56.0 Å². The molecule has 0 spiro atoms. The molecule has 3 nitrogen and oxygen atoms in total. The van der Waals surface area contributed by atoms with Crippen molar-refractivity contribution in [1.82, 2.24) is 5.32 Å². The van der Waals surface area contributed by atoms with E-state index in [0.29, 0.717) is 17.4 Å². The van der Waals surface area contributed by atoms with E-state index in [2.05, 4.69) is 12.2 Å². The van der Waals surface area contributed by atoms with E-state index >= 15 is 0 Å². The Balaban J connectivity index is 1.81. The summed E-state index contributed by atoms with van der Waals surface area (Å²) in [7, 11) is -3.07. The van der Waals surface area contributed by atoms with Crippen LogP contribution in [0.1, 0.15) is 50.6 Å². The average molecular weight is 293 g/mol. The zero-order valence-corrected chi connectivity index (χ0v) is 12.8. The van der Waals surface area contributed by atoms with Gasteiger partial charge in [-0.1, -0.05) is 38.0 Å². The minimum Gasteiger partial charge on any atom is -0.307 e. The largest absolute Gasteiger partial charge is 0.307 e. The third-order valence-electron chi connectivity index (χ3n) is 4.68. The van der Waals surface area contributed by atoms with Crippen molar-refractivity contribution in [2.75, 3.05) is 5.75 Å². The average Bonchev–Trinajstić information content (AvgIpc) is 2.43. The minimum atomic E-state index is -3.07. The summed E-state index contributed by atoms with van der Waals surface area (Å²) >= 11 is 0. The molecule has 3 rings (SSSR count). The van der Waals surface area contributed by atoms with Crippen LogP contribution in [-0.4, -0.2) is 20.2 Å². The Hall–Kier alpha value is -0.870. The van der Waals surface area contributed by atoms with Gasteiger partial charge in [0.05, 0.1) is 10.6 Å². The Morgan fingerprint density at radius 3 is 2.75 bits per heavy atom. The molecular weight excluding hydrogens is 270 g/mol. The van der Waals surface area contributed by atoms with E-state index in [1.54, 1.807) is 6.07 Å². The predicted octanol–water partition coefficient (Wildman–Crippen LogP) is 3.07. The van der Waals surface area contributed by atoms with Gasteiger partial charge in [0.15, 0.2) is 9.84 Å². The van der Waals surface area contributed by atoms with Gasteiger partial charge >= 0.3 is 0 Å². The molecule has 1 aromatic rings. The van der Waals surface area contributed by atoms with Crippen molar-refractivity contribution in [2.24, 2.45) is 5.92 Å². The zero-order valence-electron chi connectivity index (χ0n) is 12.0. The van der Waals surface area contributed by atoms with Crippen molar-refractivity contribution in [3.63, 3.8) is 0 Å². The van der Waals surface area contributed by atoms with Crippen LogP contribution < -0.4 is 5.32 Å². The molecule has 1 aromatic carbocycles. The first-order valence-corrected chi connectivity index (χ1v) is 9.29. The molecular formula is C16H23NO2S. The summed E-state index contributed by atoms with van der Waals surface area (Å²) in [5.74, 6) is 1.05. The summed E-state index contributed by atoms with van der Waals surface area (Å²) in [6, 6.07) is 8.22. The summed E-state index contributed by atoms with van der Waals surface area (Å²) in [5, 5.41) is 3.72. The highest BCUT2D eigenvalue weighted by atomic mass is 32.2. The van der Waals surface area contributed by atoms with E-state index in [9.17, 15) is 8.42 Å². The SMILES string of the molecule is CC1CCCC(NC2CCS(=O)(=O)c3ccccc32)C1. The highest BCUT2D eigenvalue weighted by molar-refractivity contribution is 7.91. The Morgan fingerprint density at radius 1 is 1.15 bits per heavy atom. The van der Waals surface area contributed by atoms with E-state index in [0.717, 1.165) is 11.5 Å². The lowest BCUT2D eigenvalue weighted by Gasteiger charge is -2.34. The van der Waals surface area contributed by atoms with Gasteiger partial charge in [-0.05, 0) is 36.8 Å². The molecule has 0 amide bonds. The quantitative estimate of drug-likeness (QED) is 0.911. The van der Waals surface area contributed by atoms with Crippen LogP contribution in [0.3, 0.4) is 0 Å². The lowest BCUT2D eigenvalue weighted by atomic mass is 9.86. The second kappa shape index (κ2) is 5.49. The van der Waals surface area contributed by atoms with E-state index in [1.807, 2.05) is 18.2 Å². The molecule has 1 fully saturated rings. The maximum atomic E-state index is 12.1. The number of sulfone groups is 1. The van der Waals surface area contributed by atoms with E-state index in [-0.39, 0.29) is 11.8 Å². The van der Waals surface area contributed by atoms with Crippen molar-refractivity contribution < 1.29 is 8.42 Å². The van der Waals surface area contributed by atoms with E-state index in [4.69, 9.17) is 0 Å². The number of rotatable bonds is 2. The molecule has 1 aliphatic heterocycles. The Labute approximate surface area is 121 Å². The molecule has 3 unspecified atom stereocenters. The van der Waals surface area contributed by atoms with Crippen molar-refractivity contribution in [3.05, 3.63) is 29.8 Å². The summed E-state index contributed by atoms with van der Waals surface area (Å²) < 4.78 is 24.3. The Morgan fingerprint density at radius 2 is 1.95 bits per heavy atom. The first kappa shape index (κ1) is 14.1. The summed E-state index contributed by atoms with van der Waals surface area (Å²) in [5.41, 5.74) is 0.969. The molecule has 110 valence electrons. The van der Waals surface area contributed by atoms with Gasteiger partial charge in [0.25, 0.3) is 0 Å². The third-order valence-corrected chi connectivity index (χ3v) is 6.49. The summed E-state index contributed by atoms with van der Waals surface area (Å²) in [4.78, 5) is 0.535. The minimum absolute atomic E-state index is 0.199. The second-order valence-electron chi connectivity index (χ2n) is 6.33. The van der Waals surface area contributed by atoms with Gasteiger partial charge < -0.3 is 5.32 Å². The normalized spacial score (nSPS) is 32.5. The number of hydrogen-bond donors (Lipinski definition) is 1. The van der Waals surface area contributed by atoms with Gasteiger partial charge in [-0.15, -0.1) is 0 Å². The standard InChI is InChI=1S/C16H23NO2S/c1-12-5-4-6-13(11-12)17-15-9-10-20(18,19)16-8-3-2-7-14(15)16/h2-3,7-8,12-13,15,17H,4-6,9-11H2,1H3. The topological polar surface area (TPSA) is 46.2 Å². The molecule has 0 aromatic heterocycles. The van der Waals surface area contributed by atoms with Crippen LogP contribution in [0, 0.1) is 5.92 Å². The first-order valence-electron chi connectivity index (χ1n) is 7.64. The lowest BCUT2D eigenvalue weighted by molar-refractivity contribution is 0.276. The molecule has 0 radical (unpaired) electrons. The van der Waals surface area contributed by atoms with Gasteiger partial charge in [-0.3, -0.25) is 0 Å². The van der Waals surface area contributed by atoms with Crippen LogP contribution in [0.4, 0.5) is 0 Å². The van der Waals surface area contributed by atoms with Gasteiger partial charge in [0.2, 0.25) is 0 Å². The fourth-order valence-corrected chi connectivity index (χ4v) is 5.25. The Bertz CT molecular complexity index is 582. The molecule has 4 heteroatoms. The van der Waals surface area contributed by atoms with Gasteiger partial charge in [-0.2, -0.15) is 0 Å². The van der Waals surface area contributed by atoms with Gasteiger partial charge in [0, 0.05) is 12.1 Å². The van der Waals surface area contributed by atoms with Crippen LogP contribution >= 0.6 is 0 Å². The Kier molecular flexibility index (Phi) is 3.87. The van der Waals surface area contributed by atoms with Crippen LogP contribution in [0.15, 0.2) is 29.2 Å². The van der Waals surface area contributed by atoms with Crippen LogP contribution in [0.2, 0.25) is 0 Å². The maximum absolute atomic E-state index is 12.1. The number of nitrogens with one attached hydrogen (secondary N) is 1. The molecule has 1 aliphatic carbocycles. The molecule has 1 heterocycles. The number of fused-ring (bicyclic) bond motifs is 1. The molecule has 1 saturated carbocycles. The fraction of sp³-hybridized carbons (Fsp3) is 0.625. The fourth-order valence-electron chi connectivity index (χ4n) is 3.63. The van der Waals surface area contributed by atoms with Crippen LogP contribution in [0.5, 0.6) is 0 Å². The summed E-state index contributed by atoms with van der Waals surface area (Å²) in [6.07, 6.45) is 5.74. The molecule has 0 bridgehead atoms. The zero-order chi connectivity index (χ0) is 14.2. The van der Waals surface area contributed by atoms with Crippen molar-refractivity contribution in [1.29, 1.82) is 0 Å². The second-order valence-corrected chi connectivity index (χ2v) is 8.41. The smallest absolute Gasteiger partial charge is 0.178 e. The van der Waals surface area contributed by atoms with Gasteiger partial charge in [0.1, 0.15) is 0 Å². The predicted molar refractivity (Wildman–Crippen MR) is 80.4 cm³/mol. The van der Waals surface area contributed by atoms with Crippen molar-refractivity contribution >= 4 is 9.84 Å². The highest BCUT2D eigenvalue weighted by Crippen LogP contribution is 2.34. The molecule has 20 heavy (non-hydrogen) atoms. The summed E-state index contributed by atoms with van der Waals surface area (Å²) in [6.45, 7) is 2.31. The monoisotopic (exact) mass is 293 g/mol.